The summed E-state index contributed by atoms with van der Waals surface area (Å²) < 4.78 is 26.0. The van der Waals surface area contributed by atoms with Gasteiger partial charge in [-0.05, 0) is 88.3 Å². The number of hydrogen-bond acceptors (Lipinski definition) is 5. The molecule has 1 unspecified atom stereocenters. The van der Waals surface area contributed by atoms with Gasteiger partial charge in [0.15, 0.2) is 0 Å². The van der Waals surface area contributed by atoms with Crippen LogP contribution in [-0.2, 0) is 27.7 Å². The van der Waals surface area contributed by atoms with Crippen LogP contribution in [0.1, 0.15) is 68.5 Å². The molecule has 1 aromatic heterocycles. The average Bonchev–Trinajstić information content (AvgIpc) is 3.04. The Hall–Kier alpha value is -1.52. The largest absolute Gasteiger partial charge is 0.340 e. The minimum absolute atomic E-state index is 0.0421. The normalized spacial score (nSPS) is 20.8. The zero-order valence-electron chi connectivity index (χ0n) is 24.1. The van der Waals surface area contributed by atoms with E-state index in [1.165, 1.54) is 27.3 Å². The molecular weight excluding hydrogens is 612 g/mol. The van der Waals surface area contributed by atoms with E-state index in [1.54, 1.807) is 0 Å². The molecule has 1 aromatic carbocycles. The van der Waals surface area contributed by atoms with Gasteiger partial charge in [0.2, 0.25) is 15.9 Å². The molecule has 2 saturated heterocycles. The Morgan fingerprint density at radius 2 is 1.65 bits per heavy atom. The molecule has 3 heterocycles. The Kier molecular flexibility index (Phi) is 10.7. The lowest BCUT2D eigenvalue weighted by molar-refractivity contribution is -0.134. The summed E-state index contributed by atoms with van der Waals surface area (Å²) in [6.45, 7) is 10.5. The van der Waals surface area contributed by atoms with E-state index in [1.807, 2.05) is 17.2 Å². The Bertz CT molecular complexity index is 1230. The third-order valence-electron chi connectivity index (χ3n) is 7.83. The average molecular weight is 654 g/mol. The van der Waals surface area contributed by atoms with Gasteiger partial charge in [0.05, 0.1) is 18.0 Å². The van der Waals surface area contributed by atoms with E-state index in [0.717, 1.165) is 59.9 Å². The molecular formula is C30H42BrClN4O3S. The first-order valence-corrected chi connectivity index (χ1v) is 17.3. The number of rotatable bonds is 4. The number of halogens is 2. The molecule has 0 saturated carbocycles. The summed E-state index contributed by atoms with van der Waals surface area (Å²) in [5, 5.41) is 0.755. The van der Waals surface area contributed by atoms with E-state index < -0.39 is 10.0 Å². The topological polar surface area (TPSA) is 73.8 Å². The fourth-order valence-electron chi connectivity index (χ4n) is 5.83. The predicted molar refractivity (Wildman–Crippen MR) is 165 cm³/mol. The molecule has 2 fully saturated rings. The highest BCUT2D eigenvalue weighted by Crippen LogP contribution is 2.38. The van der Waals surface area contributed by atoms with Gasteiger partial charge in [-0.3, -0.25) is 14.7 Å². The van der Waals surface area contributed by atoms with E-state index in [9.17, 15) is 13.2 Å². The predicted octanol–water partition coefficient (Wildman–Crippen LogP) is 5.55. The summed E-state index contributed by atoms with van der Waals surface area (Å²) in [5.74, 6) is 1.27. The number of carbonyl (C=O) groups is 1. The van der Waals surface area contributed by atoms with E-state index in [4.69, 9.17) is 16.6 Å². The summed E-state index contributed by atoms with van der Waals surface area (Å²) in [6, 6.07) is 8.41. The van der Waals surface area contributed by atoms with Crippen molar-refractivity contribution in [2.75, 3.05) is 45.5 Å². The SMILES string of the molecule is CC(C)C.CS(=O)(=O)N1CCC(CC(=O)N2CCN(C3c4ccc(Cl)cc4CCc4cc(Br)cnc43)CC2)CC1. The summed E-state index contributed by atoms with van der Waals surface area (Å²) in [4.78, 5) is 22.4. The van der Waals surface area contributed by atoms with Gasteiger partial charge >= 0.3 is 0 Å². The Morgan fingerprint density at radius 3 is 2.27 bits per heavy atom. The molecule has 0 bridgehead atoms. The Labute approximate surface area is 253 Å². The molecule has 220 valence electrons. The molecule has 1 aliphatic carbocycles. The van der Waals surface area contributed by atoms with Gasteiger partial charge in [0, 0.05) is 61.4 Å². The van der Waals surface area contributed by atoms with E-state index in [0.29, 0.717) is 32.6 Å². The third kappa shape index (κ3) is 8.06. The number of pyridine rings is 1. The van der Waals surface area contributed by atoms with Crippen LogP contribution in [0.15, 0.2) is 34.9 Å². The number of amides is 1. The van der Waals surface area contributed by atoms with E-state index in [2.05, 4.69) is 59.8 Å². The number of aryl methyl sites for hydroxylation is 2. The van der Waals surface area contributed by atoms with Crippen molar-refractivity contribution in [1.29, 1.82) is 0 Å². The summed E-state index contributed by atoms with van der Waals surface area (Å²) in [6.07, 6.45) is 6.97. The van der Waals surface area contributed by atoms with Gasteiger partial charge in [0.1, 0.15) is 0 Å². The number of nitrogens with zero attached hydrogens (tertiary/aromatic N) is 4. The van der Waals surface area contributed by atoms with E-state index in [-0.39, 0.29) is 17.9 Å². The summed E-state index contributed by atoms with van der Waals surface area (Å²) >= 11 is 9.93. The van der Waals surface area contributed by atoms with Crippen LogP contribution in [0, 0.1) is 11.8 Å². The number of hydrogen-bond donors (Lipinski definition) is 0. The second-order valence-electron chi connectivity index (χ2n) is 11.9. The standard InChI is InChI=1S/C26H32BrClN4O3S.C4H10/c1-36(34,35)32-8-6-18(7-9-32)14-24(33)30-10-12-31(13-11-30)26-23-5-4-22(28)16-19(23)2-3-20-15-21(27)17-29-25(20)26;1-4(2)3/h4-5,15-18,26H,2-3,6-14H2,1H3;4H,1-3H3. The quantitative estimate of drug-likeness (QED) is 0.433. The van der Waals surface area contributed by atoms with Crippen LogP contribution in [0.5, 0.6) is 0 Å². The fourth-order valence-corrected chi connectivity index (χ4v) is 7.28. The maximum atomic E-state index is 13.1. The first-order chi connectivity index (χ1) is 18.9. The zero-order chi connectivity index (χ0) is 29.0. The minimum atomic E-state index is -3.15. The van der Waals surface area contributed by atoms with Gasteiger partial charge in [0.25, 0.3) is 0 Å². The number of fused-ring (bicyclic) bond motifs is 2. The van der Waals surface area contributed by atoms with Gasteiger partial charge < -0.3 is 4.90 Å². The van der Waals surface area contributed by atoms with Crippen LogP contribution in [0.25, 0.3) is 0 Å². The minimum Gasteiger partial charge on any atom is -0.340 e. The highest BCUT2D eigenvalue weighted by Gasteiger charge is 2.34. The molecule has 7 nitrogen and oxygen atoms in total. The summed E-state index contributed by atoms with van der Waals surface area (Å²) in [7, 11) is -3.15. The van der Waals surface area contributed by atoms with Crippen LogP contribution in [0.2, 0.25) is 5.02 Å². The highest BCUT2D eigenvalue weighted by molar-refractivity contribution is 9.10. The highest BCUT2D eigenvalue weighted by atomic mass is 79.9. The van der Waals surface area contributed by atoms with Crippen LogP contribution in [0.4, 0.5) is 0 Å². The maximum Gasteiger partial charge on any atom is 0.222 e. The fraction of sp³-hybridized carbons (Fsp3) is 0.600. The smallest absolute Gasteiger partial charge is 0.222 e. The maximum absolute atomic E-state index is 13.1. The number of carbonyl (C=O) groups excluding carboxylic acids is 1. The van der Waals surface area contributed by atoms with Crippen molar-refractivity contribution in [3.8, 4) is 0 Å². The first-order valence-electron chi connectivity index (χ1n) is 14.3. The molecule has 0 radical (unpaired) electrons. The van der Waals surface area contributed by atoms with Crippen LogP contribution < -0.4 is 0 Å². The van der Waals surface area contributed by atoms with Crippen LogP contribution >= 0.6 is 27.5 Å². The Balaban J connectivity index is 0.000000867. The molecule has 2 aliphatic heterocycles. The lowest BCUT2D eigenvalue weighted by Gasteiger charge is -2.40. The van der Waals surface area contributed by atoms with Crippen molar-refractivity contribution >= 4 is 43.5 Å². The lowest BCUT2D eigenvalue weighted by Crippen LogP contribution is -2.50. The van der Waals surface area contributed by atoms with Gasteiger partial charge in [-0.25, -0.2) is 12.7 Å². The van der Waals surface area contributed by atoms with Crippen LogP contribution in [0.3, 0.4) is 0 Å². The van der Waals surface area contributed by atoms with Gasteiger partial charge in [-0.2, -0.15) is 0 Å². The van der Waals surface area contributed by atoms with Crippen molar-refractivity contribution in [2.45, 2.75) is 58.9 Å². The zero-order valence-corrected chi connectivity index (χ0v) is 27.2. The molecule has 40 heavy (non-hydrogen) atoms. The molecule has 0 spiro atoms. The van der Waals surface area contributed by atoms with Gasteiger partial charge in [-0.15, -0.1) is 0 Å². The van der Waals surface area contributed by atoms with Crippen molar-refractivity contribution in [2.24, 2.45) is 11.8 Å². The van der Waals surface area contributed by atoms with Crippen LogP contribution in [-0.4, -0.2) is 78.9 Å². The van der Waals surface area contributed by atoms with E-state index >= 15 is 0 Å². The Morgan fingerprint density at radius 1 is 1.02 bits per heavy atom. The number of piperazine rings is 1. The molecule has 1 amide bonds. The first kappa shape index (κ1) is 31.4. The van der Waals surface area contributed by atoms with Gasteiger partial charge in [-0.1, -0.05) is 38.4 Å². The molecule has 3 aliphatic rings. The molecule has 10 heteroatoms. The molecule has 2 aromatic rings. The number of benzene rings is 1. The van der Waals surface area contributed by atoms with Crippen molar-refractivity contribution < 1.29 is 13.2 Å². The molecule has 5 rings (SSSR count). The second-order valence-corrected chi connectivity index (χ2v) is 15.2. The van der Waals surface area contributed by atoms with Crippen molar-refractivity contribution in [3.63, 3.8) is 0 Å². The summed E-state index contributed by atoms with van der Waals surface area (Å²) in [5.41, 5.74) is 4.86. The number of piperidine rings is 1. The monoisotopic (exact) mass is 652 g/mol. The lowest BCUT2D eigenvalue weighted by atomic mass is 9.93. The number of aromatic nitrogens is 1. The third-order valence-corrected chi connectivity index (χ3v) is 9.80. The molecule has 1 atom stereocenters. The van der Waals surface area contributed by atoms with Crippen molar-refractivity contribution in [1.82, 2.24) is 19.1 Å². The second kappa shape index (κ2) is 13.6. The van der Waals surface area contributed by atoms with Crippen molar-refractivity contribution in [3.05, 3.63) is 62.3 Å². The molecule has 0 N–H and O–H groups in total. The number of sulfonamides is 1.